The monoisotopic (exact) mass is 287 g/mol. The largest absolute Gasteiger partial charge is 0.469 e. The highest BCUT2D eigenvalue weighted by Crippen LogP contribution is 2.22. The zero-order valence-electron chi connectivity index (χ0n) is 10.0. The van der Waals surface area contributed by atoms with Crippen LogP contribution in [0.15, 0.2) is 23.1 Å². The van der Waals surface area contributed by atoms with Gasteiger partial charge in [0.1, 0.15) is 11.3 Å². The summed E-state index contributed by atoms with van der Waals surface area (Å²) in [6, 6.07) is 3.79. The Morgan fingerprint density at radius 1 is 1.37 bits per heavy atom. The second kappa shape index (κ2) is 5.67. The Balaban J connectivity index is 3.02. The van der Waals surface area contributed by atoms with Crippen LogP contribution in [0.25, 0.3) is 0 Å². The minimum absolute atomic E-state index is 0.0504. The lowest BCUT2D eigenvalue weighted by molar-refractivity contribution is -0.142. The Morgan fingerprint density at radius 2 is 2.00 bits per heavy atom. The van der Waals surface area contributed by atoms with Gasteiger partial charge in [0.15, 0.2) is 0 Å². The van der Waals surface area contributed by atoms with Gasteiger partial charge in [-0.2, -0.15) is 0 Å². The minimum Gasteiger partial charge on any atom is -0.469 e. The summed E-state index contributed by atoms with van der Waals surface area (Å²) in [6.07, 6.45) is -0.537. The molecule has 104 valence electrons. The fraction of sp³-hybridized carbons (Fsp3) is 0.200. The average molecular weight is 287 g/mol. The number of esters is 1. The van der Waals surface area contributed by atoms with Crippen LogP contribution in [0.3, 0.4) is 0 Å². The van der Waals surface area contributed by atoms with E-state index in [1.165, 1.54) is 12.1 Å². The molecule has 0 aliphatic rings. The van der Waals surface area contributed by atoms with Gasteiger partial charge in [-0.3, -0.25) is 9.59 Å². The summed E-state index contributed by atoms with van der Waals surface area (Å²) in [7, 11) is -2.91. The molecule has 0 bridgehead atoms. The van der Waals surface area contributed by atoms with Crippen LogP contribution in [0.5, 0.6) is 0 Å². The molecule has 1 rings (SSSR count). The summed E-state index contributed by atoms with van der Waals surface area (Å²) in [5.41, 5.74) is 5.58. The van der Waals surface area contributed by atoms with Crippen LogP contribution in [0, 0.1) is 0 Å². The molecule has 1 aromatic rings. The number of hydrogen-bond acceptors (Lipinski definition) is 6. The van der Waals surface area contributed by atoms with Crippen LogP contribution >= 0.6 is 0 Å². The smallest absolute Gasteiger partial charge is 0.315 e. The second-order valence-electron chi connectivity index (χ2n) is 3.60. The normalized spacial score (nSPS) is 10.8. The van der Waals surface area contributed by atoms with E-state index in [-0.39, 0.29) is 16.3 Å². The third-order valence-electron chi connectivity index (χ3n) is 2.12. The van der Waals surface area contributed by atoms with E-state index in [1.807, 2.05) is 0 Å². The maximum atomic E-state index is 11.5. The molecule has 19 heavy (non-hydrogen) atoms. The van der Waals surface area contributed by atoms with E-state index in [1.54, 1.807) is 0 Å². The summed E-state index contributed by atoms with van der Waals surface area (Å²) in [4.78, 5) is 22.0. The molecule has 1 amide bonds. The van der Waals surface area contributed by atoms with Crippen molar-refractivity contribution in [3.05, 3.63) is 18.2 Å². The molecule has 0 heterocycles. The number of anilines is 2. The Hall–Kier alpha value is -2.13. The lowest BCUT2D eigenvalue weighted by atomic mass is 10.2. The fourth-order valence-corrected chi connectivity index (χ4v) is 2.00. The fourth-order valence-electron chi connectivity index (χ4n) is 1.28. The van der Waals surface area contributed by atoms with Gasteiger partial charge in [-0.05, 0) is 18.2 Å². The number of rotatable bonds is 4. The molecule has 0 saturated carbocycles. The van der Waals surface area contributed by atoms with Crippen LogP contribution < -0.4 is 16.2 Å². The molecule has 0 aliphatic heterocycles. The van der Waals surface area contributed by atoms with E-state index >= 15 is 0 Å². The van der Waals surface area contributed by atoms with Crippen LogP contribution in [0.1, 0.15) is 6.42 Å². The maximum absolute atomic E-state index is 11.5. The van der Waals surface area contributed by atoms with Gasteiger partial charge < -0.3 is 15.8 Å². The number of sulfonamides is 1. The number of nitrogen functional groups attached to an aromatic ring is 1. The predicted octanol–water partition coefficient (Wildman–Crippen LogP) is -0.582. The molecule has 5 N–H and O–H groups in total. The van der Waals surface area contributed by atoms with Crippen molar-refractivity contribution in [3.8, 4) is 0 Å². The maximum Gasteiger partial charge on any atom is 0.315 e. The van der Waals surface area contributed by atoms with Gasteiger partial charge in [-0.15, -0.1) is 0 Å². The molecule has 1 aromatic carbocycles. The number of primary sulfonamides is 1. The van der Waals surface area contributed by atoms with Gasteiger partial charge in [0.25, 0.3) is 0 Å². The van der Waals surface area contributed by atoms with Gasteiger partial charge in [0.2, 0.25) is 15.9 Å². The van der Waals surface area contributed by atoms with Crippen molar-refractivity contribution in [2.45, 2.75) is 11.3 Å². The summed E-state index contributed by atoms with van der Waals surface area (Å²) in [6.45, 7) is 0. The van der Waals surface area contributed by atoms with Crippen molar-refractivity contribution < 1.29 is 22.7 Å². The Labute approximate surface area is 109 Å². The zero-order valence-corrected chi connectivity index (χ0v) is 10.9. The van der Waals surface area contributed by atoms with Crippen molar-refractivity contribution >= 4 is 33.3 Å². The standard InChI is InChI=1S/C10H13N3O5S/c1-18-10(15)5-9(14)13-7-3-2-6(11)4-8(7)19(12,16)17/h2-4H,5,11H2,1H3,(H,13,14)(H2,12,16,17). The van der Waals surface area contributed by atoms with E-state index in [0.717, 1.165) is 13.2 Å². The van der Waals surface area contributed by atoms with E-state index in [2.05, 4.69) is 10.1 Å². The molecule has 0 spiro atoms. The molecule has 8 nitrogen and oxygen atoms in total. The van der Waals surface area contributed by atoms with Crippen molar-refractivity contribution in [1.29, 1.82) is 0 Å². The van der Waals surface area contributed by atoms with Gasteiger partial charge in [-0.1, -0.05) is 0 Å². The number of carbonyl (C=O) groups is 2. The first-order valence-electron chi connectivity index (χ1n) is 5.03. The Morgan fingerprint density at radius 3 is 2.53 bits per heavy atom. The molecule has 0 unspecified atom stereocenters. The third kappa shape index (κ3) is 4.23. The van der Waals surface area contributed by atoms with Crippen LogP contribution in [-0.2, 0) is 24.3 Å². The number of benzene rings is 1. The first-order chi connectivity index (χ1) is 8.74. The molecule has 0 atom stereocenters. The molecule has 9 heteroatoms. The van der Waals surface area contributed by atoms with Crippen molar-refractivity contribution in [2.75, 3.05) is 18.2 Å². The number of amides is 1. The van der Waals surface area contributed by atoms with E-state index in [9.17, 15) is 18.0 Å². The predicted molar refractivity (Wildman–Crippen MR) is 67.5 cm³/mol. The van der Waals surface area contributed by atoms with Crippen molar-refractivity contribution in [2.24, 2.45) is 5.14 Å². The first kappa shape index (κ1) is 14.9. The highest BCUT2D eigenvalue weighted by atomic mass is 32.2. The number of nitrogens with one attached hydrogen (secondary N) is 1. The topological polar surface area (TPSA) is 142 Å². The first-order valence-corrected chi connectivity index (χ1v) is 6.57. The molecule has 0 fully saturated rings. The Bertz CT molecular complexity index is 612. The lowest BCUT2D eigenvalue weighted by Gasteiger charge is -2.10. The lowest BCUT2D eigenvalue weighted by Crippen LogP contribution is -2.21. The van der Waals surface area contributed by atoms with Crippen molar-refractivity contribution in [1.82, 2.24) is 0 Å². The van der Waals surface area contributed by atoms with Gasteiger partial charge >= 0.3 is 5.97 Å². The number of ether oxygens (including phenoxy) is 1. The zero-order chi connectivity index (χ0) is 14.6. The highest BCUT2D eigenvalue weighted by Gasteiger charge is 2.17. The molecule has 0 aliphatic carbocycles. The number of nitrogens with two attached hydrogens (primary N) is 2. The highest BCUT2D eigenvalue weighted by molar-refractivity contribution is 7.89. The summed E-state index contributed by atoms with van der Waals surface area (Å²) < 4.78 is 27.0. The summed E-state index contributed by atoms with van der Waals surface area (Å²) >= 11 is 0. The molecule has 0 saturated heterocycles. The SMILES string of the molecule is COC(=O)CC(=O)Nc1ccc(N)cc1S(N)(=O)=O. The number of hydrogen-bond donors (Lipinski definition) is 3. The van der Waals surface area contributed by atoms with Crippen molar-refractivity contribution in [3.63, 3.8) is 0 Å². The Kier molecular flexibility index (Phi) is 4.46. The van der Waals surface area contributed by atoms with Gasteiger partial charge in [0.05, 0.1) is 12.8 Å². The average Bonchev–Trinajstić information content (AvgIpc) is 2.29. The summed E-state index contributed by atoms with van der Waals surface area (Å²) in [5.74, 6) is -1.47. The molecule has 0 aromatic heterocycles. The molecular weight excluding hydrogens is 274 g/mol. The summed E-state index contributed by atoms with van der Waals surface area (Å²) in [5, 5.41) is 7.26. The van der Waals surface area contributed by atoms with Gasteiger partial charge in [0, 0.05) is 5.69 Å². The number of methoxy groups -OCH3 is 1. The minimum atomic E-state index is -4.05. The quantitative estimate of drug-likeness (QED) is 0.384. The van der Waals surface area contributed by atoms with Crippen LogP contribution in [0.4, 0.5) is 11.4 Å². The van der Waals surface area contributed by atoms with E-state index < -0.39 is 28.3 Å². The second-order valence-corrected chi connectivity index (χ2v) is 5.13. The molecular formula is C10H13N3O5S. The molecule has 0 radical (unpaired) electrons. The van der Waals surface area contributed by atoms with Crippen LogP contribution in [-0.4, -0.2) is 27.4 Å². The van der Waals surface area contributed by atoms with Gasteiger partial charge in [-0.25, -0.2) is 13.6 Å². The number of carbonyl (C=O) groups excluding carboxylic acids is 2. The van der Waals surface area contributed by atoms with E-state index in [0.29, 0.717) is 0 Å². The van der Waals surface area contributed by atoms with E-state index in [4.69, 9.17) is 10.9 Å². The third-order valence-corrected chi connectivity index (χ3v) is 3.07. The van der Waals surface area contributed by atoms with Crippen LogP contribution in [0.2, 0.25) is 0 Å².